The molecule has 0 aliphatic heterocycles. The summed E-state index contributed by atoms with van der Waals surface area (Å²) in [5, 5.41) is -0.994. The fourth-order valence-electron chi connectivity index (χ4n) is 4.37. The van der Waals surface area contributed by atoms with Gasteiger partial charge in [0.05, 0.1) is 4.90 Å². The quantitative estimate of drug-likeness (QED) is 0.113. The summed E-state index contributed by atoms with van der Waals surface area (Å²) in [5.74, 6) is -0.683. The van der Waals surface area contributed by atoms with Crippen molar-refractivity contribution in [2.24, 2.45) is 0 Å². The monoisotopic (exact) mass is 532 g/mol. The summed E-state index contributed by atoms with van der Waals surface area (Å²) in [4.78, 5) is 13.1. The summed E-state index contributed by atoms with van der Waals surface area (Å²) in [6.07, 6.45) is 14.3. The lowest BCUT2D eigenvalue weighted by Crippen LogP contribution is -2.32. The number of hydrogen-bond acceptors (Lipinski definition) is 5. The van der Waals surface area contributed by atoms with Gasteiger partial charge in [0, 0.05) is 5.25 Å². The second kappa shape index (κ2) is 17.6. The van der Waals surface area contributed by atoms with Crippen molar-refractivity contribution in [2.45, 2.75) is 112 Å². The highest BCUT2D eigenvalue weighted by molar-refractivity contribution is 7.92. The SMILES string of the molecule is CCCCCCCCCCCC(S)CCCC(C(=O)OCc1ccccc1)S(=O)(=O)c1ccccc1. The van der Waals surface area contributed by atoms with Crippen molar-refractivity contribution in [1.82, 2.24) is 0 Å². The summed E-state index contributed by atoms with van der Waals surface area (Å²) < 4.78 is 32.0. The first kappa shape index (κ1) is 30.4. The van der Waals surface area contributed by atoms with Crippen molar-refractivity contribution in [3.05, 3.63) is 66.2 Å². The average molecular weight is 533 g/mol. The van der Waals surface area contributed by atoms with Crippen LogP contribution in [0.4, 0.5) is 0 Å². The van der Waals surface area contributed by atoms with E-state index in [2.05, 4.69) is 6.92 Å². The number of unbranched alkanes of at least 4 members (excludes halogenated alkanes) is 8. The number of thiol groups is 1. The molecule has 0 aliphatic rings. The van der Waals surface area contributed by atoms with E-state index in [1.807, 2.05) is 30.3 Å². The molecule has 2 aromatic rings. The normalized spacial score (nSPS) is 13.3. The molecule has 0 aromatic heterocycles. The van der Waals surface area contributed by atoms with Crippen LogP contribution < -0.4 is 0 Å². The van der Waals surface area contributed by atoms with Gasteiger partial charge in [-0.25, -0.2) is 8.42 Å². The number of benzene rings is 2. The van der Waals surface area contributed by atoms with Gasteiger partial charge in [0.2, 0.25) is 0 Å². The fourth-order valence-corrected chi connectivity index (χ4v) is 6.40. The third-order valence-corrected chi connectivity index (χ3v) is 9.20. The highest BCUT2D eigenvalue weighted by atomic mass is 32.2. The maximum atomic E-state index is 13.3. The molecular weight excluding hydrogens is 488 g/mol. The lowest BCUT2D eigenvalue weighted by molar-refractivity contribution is -0.144. The second-order valence-electron chi connectivity index (χ2n) is 9.64. The molecule has 0 fully saturated rings. The smallest absolute Gasteiger partial charge is 0.325 e. The molecule has 0 amide bonds. The minimum Gasteiger partial charge on any atom is -0.460 e. The van der Waals surface area contributed by atoms with Crippen LogP contribution in [0.2, 0.25) is 0 Å². The molecule has 0 heterocycles. The molecule has 0 aliphatic carbocycles. The molecule has 0 spiro atoms. The van der Waals surface area contributed by atoms with Gasteiger partial charge in [0.15, 0.2) is 15.1 Å². The highest BCUT2D eigenvalue weighted by Gasteiger charge is 2.35. The number of hydrogen-bond donors (Lipinski definition) is 1. The van der Waals surface area contributed by atoms with Crippen molar-refractivity contribution in [2.75, 3.05) is 0 Å². The summed E-state index contributed by atoms with van der Waals surface area (Å²) in [5.41, 5.74) is 0.832. The fraction of sp³-hybridized carbons (Fsp3) is 0.567. The Hall–Kier alpha value is -1.79. The molecule has 0 N–H and O–H groups in total. The first-order valence-electron chi connectivity index (χ1n) is 13.6. The van der Waals surface area contributed by atoms with Crippen LogP contribution in [0, 0.1) is 0 Å². The maximum Gasteiger partial charge on any atom is 0.325 e. The molecule has 2 rings (SSSR count). The van der Waals surface area contributed by atoms with Crippen LogP contribution in [0.5, 0.6) is 0 Å². The van der Waals surface area contributed by atoms with E-state index in [0.717, 1.165) is 24.8 Å². The first-order valence-corrected chi connectivity index (χ1v) is 15.7. The summed E-state index contributed by atoms with van der Waals surface area (Å²) >= 11 is 4.73. The number of sulfone groups is 1. The van der Waals surface area contributed by atoms with E-state index in [1.165, 1.54) is 63.5 Å². The van der Waals surface area contributed by atoms with E-state index in [1.54, 1.807) is 18.2 Å². The largest absolute Gasteiger partial charge is 0.460 e. The predicted molar refractivity (Wildman–Crippen MR) is 152 cm³/mol. The Morgan fingerprint density at radius 1 is 0.750 bits per heavy atom. The third-order valence-electron chi connectivity index (χ3n) is 6.58. The van der Waals surface area contributed by atoms with E-state index in [4.69, 9.17) is 17.4 Å². The molecule has 0 bridgehead atoms. The minimum absolute atomic E-state index is 0.0638. The molecule has 200 valence electrons. The number of carbonyl (C=O) groups excluding carboxylic acids is 1. The van der Waals surface area contributed by atoms with Crippen LogP contribution in [0.3, 0.4) is 0 Å². The zero-order valence-corrected chi connectivity index (χ0v) is 23.5. The molecule has 2 unspecified atom stereocenters. The topological polar surface area (TPSA) is 60.4 Å². The Labute approximate surface area is 224 Å². The minimum atomic E-state index is -3.84. The Bertz CT molecular complexity index is 945. The number of ether oxygens (including phenoxy) is 1. The summed E-state index contributed by atoms with van der Waals surface area (Å²) in [6.45, 7) is 2.31. The molecule has 4 nitrogen and oxygen atoms in total. The lowest BCUT2D eigenvalue weighted by atomic mass is 10.0. The van der Waals surface area contributed by atoms with E-state index in [-0.39, 0.29) is 23.2 Å². The van der Waals surface area contributed by atoms with Gasteiger partial charge in [0.1, 0.15) is 6.61 Å². The van der Waals surface area contributed by atoms with Crippen molar-refractivity contribution in [1.29, 1.82) is 0 Å². The standard InChI is InChI=1S/C30H44O4S2/c1-2-3-4-5-6-7-8-9-14-20-27(35)21-17-24-29(36(32,33)28-22-15-11-16-23-28)30(31)34-25-26-18-12-10-13-19-26/h10-13,15-16,18-19,22-23,27,29,35H,2-9,14,17,20-21,24-25H2,1H3. The van der Waals surface area contributed by atoms with Gasteiger partial charge in [-0.05, 0) is 37.0 Å². The van der Waals surface area contributed by atoms with Crippen LogP contribution in [-0.2, 0) is 26.0 Å². The van der Waals surface area contributed by atoms with Crippen molar-refractivity contribution < 1.29 is 17.9 Å². The molecule has 2 aromatic carbocycles. The zero-order valence-electron chi connectivity index (χ0n) is 21.8. The molecule has 2 atom stereocenters. The molecule has 6 heteroatoms. The maximum absolute atomic E-state index is 13.3. The molecule has 0 saturated carbocycles. The van der Waals surface area contributed by atoms with E-state index in [9.17, 15) is 13.2 Å². The lowest BCUT2D eigenvalue weighted by Gasteiger charge is -2.18. The van der Waals surface area contributed by atoms with Crippen LogP contribution in [-0.4, -0.2) is 24.9 Å². The van der Waals surface area contributed by atoms with Gasteiger partial charge in [-0.1, -0.05) is 120 Å². The average Bonchev–Trinajstić information content (AvgIpc) is 2.89. The van der Waals surface area contributed by atoms with Gasteiger partial charge in [0.25, 0.3) is 0 Å². The van der Waals surface area contributed by atoms with Gasteiger partial charge in [-0.15, -0.1) is 0 Å². The van der Waals surface area contributed by atoms with Crippen molar-refractivity contribution in [3.63, 3.8) is 0 Å². The Morgan fingerprint density at radius 2 is 1.28 bits per heavy atom. The molecule has 0 radical (unpaired) electrons. The second-order valence-corrected chi connectivity index (χ2v) is 12.5. The van der Waals surface area contributed by atoms with Gasteiger partial charge >= 0.3 is 5.97 Å². The van der Waals surface area contributed by atoms with Crippen LogP contribution in [0.15, 0.2) is 65.6 Å². The predicted octanol–water partition coefficient (Wildman–Crippen LogP) is 7.96. The first-order chi connectivity index (χ1) is 17.4. The van der Waals surface area contributed by atoms with E-state index < -0.39 is 21.1 Å². The van der Waals surface area contributed by atoms with Crippen molar-refractivity contribution in [3.8, 4) is 0 Å². The Morgan fingerprint density at radius 3 is 1.89 bits per heavy atom. The van der Waals surface area contributed by atoms with Gasteiger partial charge < -0.3 is 4.74 Å². The zero-order chi connectivity index (χ0) is 26.1. The molecule has 0 saturated heterocycles. The summed E-state index contributed by atoms with van der Waals surface area (Å²) in [6, 6.07) is 17.5. The Kier molecular flexibility index (Phi) is 14.9. The van der Waals surface area contributed by atoms with Gasteiger partial charge in [-0.3, -0.25) is 4.79 Å². The summed E-state index contributed by atoms with van der Waals surface area (Å²) in [7, 11) is -3.84. The van der Waals surface area contributed by atoms with Crippen molar-refractivity contribution >= 4 is 28.4 Å². The Balaban J connectivity index is 1.81. The van der Waals surface area contributed by atoms with Gasteiger partial charge in [-0.2, -0.15) is 12.6 Å². The third kappa shape index (κ3) is 11.5. The van der Waals surface area contributed by atoms with E-state index >= 15 is 0 Å². The number of rotatable bonds is 19. The van der Waals surface area contributed by atoms with Crippen LogP contribution in [0.1, 0.15) is 96.0 Å². The number of esters is 1. The molecule has 36 heavy (non-hydrogen) atoms. The van der Waals surface area contributed by atoms with Crippen LogP contribution >= 0.6 is 12.6 Å². The van der Waals surface area contributed by atoms with E-state index in [0.29, 0.717) is 6.42 Å². The molecular formula is C30H44O4S2. The number of carbonyl (C=O) groups is 1. The van der Waals surface area contributed by atoms with Crippen LogP contribution in [0.25, 0.3) is 0 Å². The highest BCUT2D eigenvalue weighted by Crippen LogP contribution is 2.24.